The van der Waals surface area contributed by atoms with Crippen LogP contribution in [0.3, 0.4) is 0 Å². The molecule has 2 heterocycles. The molecule has 0 unspecified atom stereocenters. The summed E-state index contributed by atoms with van der Waals surface area (Å²) in [6, 6.07) is 4.18. The average Bonchev–Trinajstić information content (AvgIpc) is 2.84. The number of rotatable bonds is 11. The molecule has 0 spiro atoms. The molecule has 0 saturated carbocycles. The first kappa shape index (κ1) is 28.4. The third kappa shape index (κ3) is 9.06. The van der Waals surface area contributed by atoms with Crippen molar-refractivity contribution in [3.05, 3.63) is 34.6 Å². The SMILES string of the molecule is CNC[C@H](CC1CCOCC1)NC(=O)N1CCC[C@@H]([C@@H](OCCNC(=O)O)c2cc(F)cc(Cl)c2)C1. The van der Waals surface area contributed by atoms with E-state index in [1.165, 1.54) is 12.1 Å². The van der Waals surface area contributed by atoms with Gasteiger partial charge < -0.3 is 35.4 Å². The third-order valence-electron chi connectivity index (χ3n) is 6.80. The second-order valence-electron chi connectivity index (χ2n) is 9.57. The molecule has 2 aliphatic rings. The molecule has 2 fully saturated rings. The van der Waals surface area contributed by atoms with E-state index in [4.69, 9.17) is 26.2 Å². The average molecular weight is 529 g/mol. The maximum Gasteiger partial charge on any atom is 0.404 e. The standard InChI is InChI=1S/C25H38ClFN4O5/c1-28-15-22(11-17-4-8-35-9-5-17)30-24(32)31-7-2-3-18(16-31)23(36-10-6-29-25(33)34)19-12-20(26)14-21(27)13-19/h12-14,17-18,22-23,28-29H,2-11,15-16H2,1H3,(H,30,32)(H,33,34)/t18-,22+,23-/m1/s1. The van der Waals surface area contributed by atoms with Crippen LogP contribution in [0.1, 0.15) is 43.8 Å². The summed E-state index contributed by atoms with van der Waals surface area (Å²) in [4.78, 5) is 25.8. The van der Waals surface area contributed by atoms with Crippen LogP contribution in [0, 0.1) is 17.7 Å². The Balaban J connectivity index is 1.65. The van der Waals surface area contributed by atoms with Crippen molar-refractivity contribution in [2.75, 3.05) is 53.0 Å². The van der Waals surface area contributed by atoms with Gasteiger partial charge in [0.05, 0.1) is 12.7 Å². The van der Waals surface area contributed by atoms with Gasteiger partial charge in [0.2, 0.25) is 0 Å². The summed E-state index contributed by atoms with van der Waals surface area (Å²) in [6.07, 6.45) is 2.82. The van der Waals surface area contributed by atoms with Crippen molar-refractivity contribution in [2.45, 2.75) is 44.2 Å². The predicted molar refractivity (Wildman–Crippen MR) is 135 cm³/mol. The van der Waals surface area contributed by atoms with Crippen LogP contribution in [0.25, 0.3) is 0 Å². The number of nitrogens with zero attached hydrogens (tertiary/aromatic N) is 1. The number of carbonyl (C=O) groups excluding carboxylic acids is 1. The van der Waals surface area contributed by atoms with Crippen molar-refractivity contribution in [1.82, 2.24) is 20.9 Å². The van der Waals surface area contributed by atoms with Crippen LogP contribution in [0.5, 0.6) is 0 Å². The normalized spacial score (nSPS) is 20.5. The monoisotopic (exact) mass is 528 g/mol. The van der Waals surface area contributed by atoms with E-state index >= 15 is 0 Å². The molecule has 4 N–H and O–H groups in total. The minimum absolute atomic E-state index is 0.0159. The molecule has 36 heavy (non-hydrogen) atoms. The number of halogens is 2. The Kier molecular flexibility index (Phi) is 11.5. The molecule has 1 aromatic carbocycles. The van der Waals surface area contributed by atoms with Crippen molar-refractivity contribution >= 4 is 23.7 Å². The molecule has 3 amide bonds. The number of hydrogen-bond acceptors (Lipinski definition) is 5. The van der Waals surface area contributed by atoms with Gasteiger partial charge >= 0.3 is 12.1 Å². The van der Waals surface area contributed by atoms with Gasteiger partial charge in [-0.15, -0.1) is 0 Å². The first-order valence-corrected chi connectivity index (χ1v) is 13.1. The summed E-state index contributed by atoms with van der Waals surface area (Å²) in [5.74, 6) is -0.0324. The first-order chi connectivity index (χ1) is 17.4. The van der Waals surface area contributed by atoms with E-state index in [0.717, 1.165) is 45.3 Å². The summed E-state index contributed by atoms with van der Waals surface area (Å²) in [6.45, 7) is 3.51. The number of ether oxygens (including phenoxy) is 2. The molecule has 3 rings (SSSR count). The second-order valence-corrected chi connectivity index (χ2v) is 10.0. The molecule has 0 bridgehead atoms. The molecular weight excluding hydrogens is 491 g/mol. The Labute approximate surface area is 217 Å². The lowest BCUT2D eigenvalue weighted by molar-refractivity contribution is -0.00870. The van der Waals surface area contributed by atoms with Crippen LogP contribution in [0.2, 0.25) is 5.02 Å². The van der Waals surface area contributed by atoms with E-state index in [-0.39, 0.29) is 36.2 Å². The number of carbonyl (C=O) groups is 2. The van der Waals surface area contributed by atoms with Crippen LogP contribution >= 0.6 is 11.6 Å². The number of urea groups is 1. The molecular formula is C25H38ClFN4O5. The molecule has 9 nitrogen and oxygen atoms in total. The Morgan fingerprint density at radius 2 is 2.06 bits per heavy atom. The highest BCUT2D eigenvalue weighted by Gasteiger charge is 2.32. The fourth-order valence-electron chi connectivity index (χ4n) is 5.12. The molecule has 1 aromatic rings. The highest BCUT2D eigenvalue weighted by atomic mass is 35.5. The van der Waals surface area contributed by atoms with E-state index in [2.05, 4.69) is 16.0 Å². The number of benzene rings is 1. The maximum absolute atomic E-state index is 14.1. The zero-order chi connectivity index (χ0) is 25.9. The van der Waals surface area contributed by atoms with Gasteiger partial charge in [0.15, 0.2) is 0 Å². The fraction of sp³-hybridized carbons (Fsp3) is 0.680. The van der Waals surface area contributed by atoms with Gasteiger partial charge in [-0.3, -0.25) is 0 Å². The quantitative estimate of drug-likeness (QED) is 0.326. The minimum Gasteiger partial charge on any atom is -0.465 e. The highest BCUT2D eigenvalue weighted by molar-refractivity contribution is 6.30. The Morgan fingerprint density at radius 3 is 2.75 bits per heavy atom. The lowest BCUT2D eigenvalue weighted by Crippen LogP contribution is -2.52. The van der Waals surface area contributed by atoms with Crippen LogP contribution in [0.15, 0.2) is 18.2 Å². The molecule has 3 atom stereocenters. The number of likely N-dealkylation sites (tertiary alicyclic amines) is 1. The van der Waals surface area contributed by atoms with Crippen molar-refractivity contribution < 1.29 is 28.6 Å². The van der Waals surface area contributed by atoms with Gasteiger partial charge in [-0.05, 0) is 68.8 Å². The lowest BCUT2D eigenvalue weighted by Gasteiger charge is -2.38. The van der Waals surface area contributed by atoms with Gasteiger partial charge in [-0.25, -0.2) is 14.0 Å². The highest BCUT2D eigenvalue weighted by Crippen LogP contribution is 2.34. The molecule has 0 radical (unpaired) electrons. The largest absolute Gasteiger partial charge is 0.465 e. The number of hydrogen-bond donors (Lipinski definition) is 4. The summed E-state index contributed by atoms with van der Waals surface area (Å²) in [7, 11) is 1.88. The number of carboxylic acid groups (broad SMARTS) is 1. The zero-order valence-electron chi connectivity index (χ0n) is 20.8. The number of nitrogens with one attached hydrogen (secondary N) is 3. The lowest BCUT2D eigenvalue weighted by atomic mass is 9.88. The van der Waals surface area contributed by atoms with E-state index in [1.54, 1.807) is 11.0 Å². The molecule has 11 heteroatoms. The van der Waals surface area contributed by atoms with Crippen molar-refractivity contribution in [1.29, 1.82) is 0 Å². The van der Waals surface area contributed by atoms with Crippen LogP contribution in [-0.4, -0.2) is 81.2 Å². The van der Waals surface area contributed by atoms with Crippen molar-refractivity contribution in [3.63, 3.8) is 0 Å². The molecule has 2 saturated heterocycles. The van der Waals surface area contributed by atoms with Gasteiger partial charge in [0.1, 0.15) is 5.82 Å². The molecule has 202 valence electrons. The second kappa shape index (κ2) is 14.6. The summed E-state index contributed by atoms with van der Waals surface area (Å²) in [5.41, 5.74) is 0.579. The molecule has 0 aliphatic carbocycles. The van der Waals surface area contributed by atoms with Gasteiger partial charge in [-0.1, -0.05) is 11.6 Å². The minimum atomic E-state index is -1.14. The van der Waals surface area contributed by atoms with Gasteiger partial charge in [-0.2, -0.15) is 0 Å². The smallest absolute Gasteiger partial charge is 0.404 e. The molecule has 2 aliphatic heterocycles. The third-order valence-corrected chi connectivity index (χ3v) is 7.02. The van der Waals surface area contributed by atoms with Gasteiger partial charge in [0.25, 0.3) is 0 Å². The maximum atomic E-state index is 14.1. The van der Waals surface area contributed by atoms with E-state index < -0.39 is 18.0 Å². The van der Waals surface area contributed by atoms with Crippen LogP contribution in [0.4, 0.5) is 14.0 Å². The molecule has 0 aromatic heterocycles. The van der Waals surface area contributed by atoms with Crippen molar-refractivity contribution in [3.8, 4) is 0 Å². The van der Waals surface area contributed by atoms with Crippen LogP contribution in [-0.2, 0) is 9.47 Å². The Hall–Kier alpha value is -2.14. The number of likely N-dealkylation sites (N-methyl/N-ethyl adjacent to an activating group) is 1. The summed E-state index contributed by atoms with van der Waals surface area (Å²) in [5, 5.41) is 17.8. The number of piperidine rings is 1. The van der Waals surface area contributed by atoms with Crippen molar-refractivity contribution in [2.24, 2.45) is 11.8 Å². The Bertz CT molecular complexity index is 837. The van der Waals surface area contributed by atoms with E-state index in [1.807, 2.05) is 7.05 Å². The first-order valence-electron chi connectivity index (χ1n) is 12.7. The summed E-state index contributed by atoms with van der Waals surface area (Å²) >= 11 is 6.11. The van der Waals surface area contributed by atoms with E-state index in [0.29, 0.717) is 31.1 Å². The van der Waals surface area contributed by atoms with Crippen LogP contribution < -0.4 is 16.0 Å². The summed E-state index contributed by atoms with van der Waals surface area (Å²) < 4.78 is 25.7. The number of amides is 3. The fourth-order valence-corrected chi connectivity index (χ4v) is 5.35. The van der Waals surface area contributed by atoms with Gasteiger partial charge in [0, 0.05) is 56.4 Å². The predicted octanol–water partition coefficient (Wildman–Crippen LogP) is 3.63. The topological polar surface area (TPSA) is 112 Å². The van der Waals surface area contributed by atoms with E-state index in [9.17, 15) is 14.0 Å². The Morgan fingerprint density at radius 1 is 1.28 bits per heavy atom. The zero-order valence-corrected chi connectivity index (χ0v) is 21.6.